The predicted octanol–water partition coefficient (Wildman–Crippen LogP) is 4.85. The van der Waals surface area contributed by atoms with Gasteiger partial charge in [-0.05, 0) is 61.0 Å². The van der Waals surface area contributed by atoms with Crippen LogP contribution in [-0.4, -0.2) is 23.5 Å². The molecule has 4 rings (SSSR count). The largest absolute Gasteiger partial charge is 0.497 e. The number of aromatic nitrogens is 1. The normalized spacial score (nSPS) is 10.7. The molecule has 0 saturated carbocycles. The molecule has 0 radical (unpaired) electrons. The van der Waals surface area contributed by atoms with Crippen molar-refractivity contribution < 1.29 is 14.3 Å². The molecule has 0 atom stereocenters. The van der Waals surface area contributed by atoms with E-state index in [0.29, 0.717) is 35.8 Å². The van der Waals surface area contributed by atoms with Crippen LogP contribution in [0.2, 0.25) is 0 Å². The van der Waals surface area contributed by atoms with Gasteiger partial charge in [0.2, 0.25) is 0 Å². The molecule has 1 heterocycles. The Hall–Kier alpha value is -4.06. The first-order chi connectivity index (χ1) is 15.6. The van der Waals surface area contributed by atoms with Crippen molar-refractivity contribution in [1.82, 2.24) is 9.88 Å². The van der Waals surface area contributed by atoms with E-state index in [0.717, 1.165) is 16.5 Å². The fraction of sp³-hybridized carbons (Fsp3) is 0.154. The van der Waals surface area contributed by atoms with Crippen LogP contribution in [0, 0.1) is 0 Å². The summed E-state index contributed by atoms with van der Waals surface area (Å²) in [5.74, 6) is 0.362. The number of anilines is 1. The van der Waals surface area contributed by atoms with Gasteiger partial charge in [-0.15, -0.1) is 0 Å². The number of hydrogen-bond acceptors (Lipinski definition) is 3. The van der Waals surface area contributed by atoms with Gasteiger partial charge in [-0.2, -0.15) is 0 Å². The van der Waals surface area contributed by atoms with Gasteiger partial charge in [-0.25, -0.2) is 0 Å². The second-order valence-corrected chi connectivity index (χ2v) is 7.40. The van der Waals surface area contributed by atoms with Crippen molar-refractivity contribution in [2.75, 3.05) is 12.4 Å². The molecule has 3 aromatic carbocycles. The van der Waals surface area contributed by atoms with Crippen LogP contribution >= 0.6 is 0 Å². The van der Waals surface area contributed by atoms with Crippen LogP contribution in [-0.2, 0) is 13.1 Å². The molecule has 0 spiro atoms. The first-order valence-electron chi connectivity index (χ1n) is 10.5. The quantitative estimate of drug-likeness (QED) is 0.443. The maximum atomic E-state index is 12.9. The van der Waals surface area contributed by atoms with Gasteiger partial charge in [0, 0.05) is 35.2 Å². The Kier molecular flexibility index (Phi) is 6.22. The molecule has 32 heavy (non-hydrogen) atoms. The molecule has 2 amide bonds. The number of benzene rings is 3. The second-order valence-electron chi connectivity index (χ2n) is 7.40. The first kappa shape index (κ1) is 21.2. The smallest absolute Gasteiger partial charge is 0.268 e. The Balaban J connectivity index is 1.53. The number of nitrogens with one attached hydrogen (secondary N) is 2. The second kappa shape index (κ2) is 9.39. The molecule has 0 fully saturated rings. The van der Waals surface area contributed by atoms with Crippen LogP contribution in [0.15, 0.2) is 78.9 Å². The number of hydrogen-bond donors (Lipinski definition) is 2. The summed E-state index contributed by atoms with van der Waals surface area (Å²) in [5.41, 5.74) is 3.79. The minimum Gasteiger partial charge on any atom is -0.497 e. The Labute approximate surface area is 186 Å². The number of methoxy groups -OCH3 is 1. The Morgan fingerprint density at radius 1 is 0.906 bits per heavy atom. The topological polar surface area (TPSA) is 72.4 Å². The molecule has 0 saturated heterocycles. The molecule has 162 valence electrons. The van der Waals surface area contributed by atoms with Crippen LogP contribution in [0.4, 0.5) is 5.69 Å². The summed E-state index contributed by atoms with van der Waals surface area (Å²) in [7, 11) is 1.59. The van der Waals surface area contributed by atoms with Crippen molar-refractivity contribution in [2.24, 2.45) is 0 Å². The number of carbonyl (C=O) groups is 2. The summed E-state index contributed by atoms with van der Waals surface area (Å²) in [5, 5.41) is 6.80. The first-order valence-corrected chi connectivity index (χ1v) is 10.5. The number of aryl methyl sites for hydroxylation is 1. The fourth-order valence-corrected chi connectivity index (χ4v) is 3.69. The summed E-state index contributed by atoms with van der Waals surface area (Å²) < 4.78 is 7.11. The van der Waals surface area contributed by atoms with Gasteiger partial charge in [0.1, 0.15) is 11.4 Å². The van der Waals surface area contributed by atoms with Crippen molar-refractivity contribution in [2.45, 2.75) is 20.0 Å². The molecule has 6 heteroatoms. The number of carbonyl (C=O) groups excluding carboxylic acids is 2. The predicted molar refractivity (Wildman–Crippen MR) is 126 cm³/mol. The average Bonchev–Trinajstić information content (AvgIpc) is 3.21. The lowest BCUT2D eigenvalue weighted by Gasteiger charge is -2.09. The Morgan fingerprint density at radius 2 is 1.66 bits per heavy atom. The van der Waals surface area contributed by atoms with Crippen molar-refractivity contribution >= 4 is 28.4 Å². The average molecular weight is 428 g/mol. The van der Waals surface area contributed by atoms with E-state index in [1.165, 1.54) is 0 Å². The summed E-state index contributed by atoms with van der Waals surface area (Å²) in [6.45, 7) is 3.13. The van der Waals surface area contributed by atoms with E-state index >= 15 is 0 Å². The minimum absolute atomic E-state index is 0.129. The minimum atomic E-state index is -0.206. The van der Waals surface area contributed by atoms with Crippen molar-refractivity contribution in [1.29, 1.82) is 0 Å². The fourth-order valence-electron chi connectivity index (χ4n) is 3.69. The lowest BCUT2D eigenvalue weighted by atomic mass is 10.2. The van der Waals surface area contributed by atoms with E-state index in [1.807, 2.05) is 66.1 Å². The summed E-state index contributed by atoms with van der Waals surface area (Å²) in [6, 6.07) is 24.3. The van der Waals surface area contributed by atoms with Gasteiger partial charge < -0.3 is 19.9 Å². The Morgan fingerprint density at radius 3 is 2.34 bits per heavy atom. The van der Waals surface area contributed by atoms with E-state index in [4.69, 9.17) is 4.74 Å². The number of rotatable bonds is 7. The number of ether oxygens (including phenoxy) is 1. The van der Waals surface area contributed by atoms with Gasteiger partial charge in [-0.1, -0.05) is 30.3 Å². The maximum absolute atomic E-state index is 12.9. The van der Waals surface area contributed by atoms with Crippen molar-refractivity contribution in [3.05, 3.63) is 95.7 Å². The molecule has 4 aromatic rings. The number of nitrogens with zero attached hydrogens (tertiary/aromatic N) is 1. The van der Waals surface area contributed by atoms with E-state index < -0.39 is 0 Å². The molecular formula is C26H25N3O3. The van der Waals surface area contributed by atoms with Gasteiger partial charge in [0.15, 0.2) is 0 Å². The van der Waals surface area contributed by atoms with Crippen LogP contribution in [0.5, 0.6) is 5.75 Å². The molecule has 0 unspecified atom stereocenters. The zero-order valence-electron chi connectivity index (χ0n) is 18.1. The van der Waals surface area contributed by atoms with Gasteiger partial charge >= 0.3 is 0 Å². The highest BCUT2D eigenvalue weighted by atomic mass is 16.5. The molecular weight excluding hydrogens is 402 g/mol. The molecule has 0 aliphatic heterocycles. The van der Waals surface area contributed by atoms with Crippen LogP contribution < -0.4 is 15.4 Å². The molecule has 0 bridgehead atoms. The number of fused-ring (bicyclic) bond motifs is 1. The highest BCUT2D eigenvalue weighted by Crippen LogP contribution is 2.24. The molecule has 0 aliphatic rings. The molecule has 1 aromatic heterocycles. The van der Waals surface area contributed by atoms with E-state index in [1.54, 1.807) is 31.4 Å². The van der Waals surface area contributed by atoms with Gasteiger partial charge in [-0.3, -0.25) is 9.59 Å². The van der Waals surface area contributed by atoms with E-state index in [-0.39, 0.29) is 11.8 Å². The van der Waals surface area contributed by atoms with Crippen molar-refractivity contribution in [3.63, 3.8) is 0 Å². The summed E-state index contributed by atoms with van der Waals surface area (Å²) >= 11 is 0. The zero-order valence-corrected chi connectivity index (χ0v) is 18.1. The summed E-state index contributed by atoms with van der Waals surface area (Å²) in [6.07, 6.45) is 0. The van der Waals surface area contributed by atoms with Crippen LogP contribution in [0.25, 0.3) is 10.9 Å². The van der Waals surface area contributed by atoms with Gasteiger partial charge in [0.25, 0.3) is 11.8 Å². The third kappa shape index (κ3) is 4.49. The lowest BCUT2D eigenvalue weighted by molar-refractivity contribution is 0.0941. The monoisotopic (exact) mass is 427 g/mol. The SMILES string of the molecule is CCn1c(C(=O)NCc2ccccc2)cc2cc(NC(=O)c3ccc(OC)cc3)ccc21. The Bertz CT molecular complexity index is 1240. The third-order valence-electron chi connectivity index (χ3n) is 5.36. The standard InChI is InChI=1S/C26H25N3O3/c1-3-29-23-14-11-21(28-25(30)19-9-12-22(32-2)13-10-19)15-20(23)16-24(29)26(31)27-17-18-7-5-4-6-8-18/h4-16H,3,17H2,1-2H3,(H,27,31)(H,28,30). The number of amides is 2. The highest BCUT2D eigenvalue weighted by molar-refractivity contribution is 6.06. The third-order valence-corrected chi connectivity index (χ3v) is 5.36. The van der Waals surface area contributed by atoms with E-state index in [9.17, 15) is 9.59 Å². The highest BCUT2D eigenvalue weighted by Gasteiger charge is 2.15. The van der Waals surface area contributed by atoms with Crippen LogP contribution in [0.3, 0.4) is 0 Å². The molecule has 0 aliphatic carbocycles. The van der Waals surface area contributed by atoms with E-state index in [2.05, 4.69) is 10.6 Å². The lowest BCUT2D eigenvalue weighted by Crippen LogP contribution is -2.25. The summed E-state index contributed by atoms with van der Waals surface area (Å²) in [4.78, 5) is 25.4. The maximum Gasteiger partial charge on any atom is 0.268 e. The van der Waals surface area contributed by atoms with Gasteiger partial charge in [0.05, 0.1) is 7.11 Å². The molecule has 6 nitrogen and oxygen atoms in total. The zero-order chi connectivity index (χ0) is 22.5. The molecule has 2 N–H and O–H groups in total. The van der Waals surface area contributed by atoms with Crippen LogP contribution in [0.1, 0.15) is 33.3 Å². The van der Waals surface area contributed by atoms with Crippen molar-refractivity contribution in [3.8, 4) is 5.75 Å².